The van der Waals surface area contributed by atoms with Gasteiger partial charge in [0.15, 0.2) is 0 Å². The topological polar surface area (TPSA) is 52.7 Å². The number of hydrogen-bond donors (Lipinski definition) is 1. The number of benzene rings is 1. The Balaban J connectivity index is 0.00000243. The van der Waals surface area contributed by atoms with Crippen molar-refractivity contribution in [3.05, 3.63) is 35.6 Å². The first-order chi connectivity index (χ1) is 12.1. The molecule has 5 nitrogen and oxygen atoms in total. The summed E-state index contributed by atoms with van der Waals surface area (Å²) in [5, 5.41) is 3.39. The summed E-state index contributed by atoms with van der Waals surface area (Å²) in [6, 6.07) is 6.02. The standard InChI is InChI=1S/C18H24FN3O2S.ClH/c19-15-4-1-3-14(11-15)18(24)22-7-2-6-21(8-9-22)17(23)12-16-13-25-10-5-20-16;/h1,3-4,11,16,20H,2,5-10,12-13H2;1H. The Morgan fingerprint density at radius 3 is 2.69 bits per heavy atom. The van der Waals surface area contributed by atoms with Crippen LogP contribution in [0.5, 0.6) is 0 Å². The maximum atomic E-state index is 13.3. The van der Waals surface area contributed by atoms with E-state index in [1.807, 2.05) is 16.7 Å². The summed E-state index contributed by atoms with van der Waals surface area (Å²) in [5.74, 6) is 1.66. The summed E-state index contributed by atoms with van der Waals surface area (Å²) in [6.07, 6.45) is 1.27. The second kappa shape index (κ2) is 10.1. The molecule has 8 heteroatoms. The first-order valence-corrected chi connectivity index (χ1v) is 9.93. The van der Waals surface area contributed by atoms with E-state index in [0.29, 0.717) is 38.2 Å². The number of carbonyl (C=O) groups is 2. The van der Waals surface area contributed by atoms with Crippen molar-refractivity contribution >= 4 is 36.0 Å². The van der Waals surface area contributed by atoms with Crippen molar-refractivity contribution in [1.29, 1.82) is 0 Å². The van der Waals surface area contributed by atoms with Crippen molar-refractivity contribution in [2.75, 3.05) is 44.2 Å². The largest absolute Gasteiger partial charge is 0.341 e. The molecule has 2 aliphatic heterocycles. The van der Waals surface area contributed by atoms with Gasteiger partial charge in [-0.1, -0.05) is 6.07 Å². The van der Waals surface area contributed by atoms with Crippen molar-refractivity contribution in [2.24, 2.45) is 0 Å². The van der Waals surface area contributed by atoms with Crippen LogP contribution < -0.4 is 5.32 Å². The van der Waals surface area contributed by atoms with E-state index in [2.05, 4.69) is 5.32 Å². The molecule has 2 saturated heterocycles. The van der Waals surface area contributed by atoms with Crippen molar-refractivity contribution < 1.29 is 14.0 Å². The molecule has 144 valence electrons. The quantitative estimate of drug-likeness (QED) is 0.841. The molecule has 0 radical (unpaired) electrons. The zero-order valence-corrected chi connectivity index (χ0v) is 16.3. The molecule has 1 aromatic rings. The summed E-state index contributed by atoms with van der Waals surface area (Å²) in [7, 11) is 0. The van der Waals surface area contributed by atoms with Gasteiger partial charge in [-0.05, 0) is 24.6 Å². The highest BCUT2D eigenvalue weighted by atomic mass is 35.5. The molecule has 1 atom stereocenters. The molecular weight excluding hydrogens is 377 g/mol. The van der Waals surface area contributed by atoms with E-state index in [-0.39, 0.29) is 30.3 Å². The fraction of sp³-hybridized carbons (Fsp3) is 0.556. The zero-order valence-electron chi connectivity index (χ0n) is 14.7. The van der Waals surface area contributed by atoms with Crippen LogP contribution in [0.15, 0.2) is 24.3 Å². The van der Waals surface area contributed by atoms with E-state index >= 15 is 0 Å². The van der Waals surface area contributed by atoms with Crippen LogP contribution in [0.25, 0.3) is 0 Å². The van der Waals surface area contributed by atoms with Crippen LogP contribution in [0, 0.1) is 5.82 Å². The molecule has 0 aromatic heterocycles. The van der Waals surface area contributed by atoms with Crippen molar-refractivity contribution in [1.82, 2.24) is 15.1 Å². The average Bonchev–Trinajstić information content (AvgIpc) is 2.88. The summed E-state index contributed by atoms with van der Waals surface area (Å²) in [6.45, 7) is 3.26. The molecule has 2 fully saturated rings. The van der Waals surface area contributed by atoms with E-state index in [4.69, 9.17) is 0 Å². The number of thioether (sulfide) groups is 1. The smallest absolute Gasteiger partial charge is 0.254 e. The predicted molar refractivity (Wildman–Crippen MR) is 104 cm³/mol. The molecule has 2 amide bonds. The Kier molecular flexibility index (Phi) is 8.18. The van der Waals surface area contributed by atoms with Gasteiger partial charge in [0.1, 0.15) is 5.82 Å². The van der Waals surface area contributed by atoms with Gasteiger partial charge in [0.25, 0.3) is 5.91 Å². The lowest BCUT2D eigenvalue weighted by Crippen LogP contribution is -2.43. The van der Waals surface area contributed by atoms with Crippen molar-refractivity contribution in [2.45, 2.75) is 18.9 Å². The first kappa shape index (κ1) is 21.0. The van der Waals surface area contributed by atoms with E-state index in [1.54, 1.807) is 17.0 Å². The lowest BCUT2D eigenvalue weighted by molar-refractivity contribution is -0.131. The van der Waals surface area contributed by atoms with Crippen LogP contribution in [-0.4, -0.2) is 71.9 Å². The third-order valence-electron chi connectivity index (χ3n) is 4.63. The maximum absolute atomic E-state index is 13.3. The number of hydrogen-bond acceptors (Lipinski definition) is 4. The number of halogens is 2. The van der Waals surface area contributed by atoms with Gasteiger partial charge in [-0.15, -0.1) is 12.4 Å². The summed E-state index contributed by atoms with van der Waals surface area (Å²) < 4.78 is 13.3. The monoisotopic (exact) mass is 401 g/mol. The summed E-state index contributed by atoms with van der Waals surface area (Å²) in [4.78, 5) is 28.7. The second-order valence-electron chi connectivity index (χ2n) is 6.47. The Morgan fingerprint density at radius 2 is 1.96 bits per heavy atom. The SMILES string of the molecule is Cl.O=C(CC1CSCCN1)N1CCCN(C(=O)c2cccc(F)c2)CC1. The minimum atomic E-state index is -0.407. The fourth-order valence-corrected chi connectivity index (χ4v) is 4.21. The molecule has 0 saturated carbocycles. The van der Waals surface area contributed by atoms with Gasteiger partial charge in [0.2, 0.25) is 5.91 Å². The highest BCUT2D eigenvalue weighted by Gasteiger charge is 2.25. The summed E-state index contributed by atoms with van der Waals surface area (Å²) in [5.41, 5.74) is 0.364. The van der Waals surface area contributed by atoms with Gasteiger partial charge in [-0.25, -0.2) is 4.39 Å². The third kappa shape index (κ3) is 5.59. The van der Waals surface area contributed by atoms with Gasteiger partial charge in [0.05, 0.1) is 0 Å². The number of nitrogens with zero attached hydrogens (tertiary/aromatic N) is 2. The molecule has 1 unspecified atom stereocenters. The van der Waals surface area contributed by atoms with E-state index in [0.717, 1.165) is 24.5 Å². The highest BCUT2D eigenvalue weighted by molar-refractivity contribution is 7.99. The van der Waals surface area contributed by atoms with Crippen molar-refractivity contribution in [3.8, 4) is 0 Å². The zero-order chi connectivity index (χ0) is 17.6. The van der Waals surface area contributed by atoms with Crippen molar-refractivity contribution in [3.63, 3.8) is 0 Å². The second-order valence-corrected chi connectivity index (χ2v) is 7.62. The number of nitrogens with one attached hydrogen (secondary N) is 1. The van der Waals surface area contributed by atoms with Crippen LogP contribution in [-0.2, 0) is 4.79 Å². The van der Waals surface area contributed by atoms with Gasteiger partial charge < -0.3 is 15.1 Å². The Morgan fingerprint density at radius 1 is 1.19 bits per heavy atom. The molecule has 3 rings (SSSR count). The molecule has 0 bridgehead atoms. The van der Waals surface area contributed by atoms with Crippen LogP contribution in [0.3, 0.4) is 0 Å². The normalized spacial score (nSPS) is 20.9. The molecule has 2 aliphatic rings. The van der Waals surface area contributed by atoms with E-state index in [9.17, 15) is 14.0 Å². The Bertz CT molecular complexity index is 628. The predicted octanol–water partition coefficient (Wildman–Crippen LogP) is 2.02. The lowest BCUT2D eigenvalue weighted by Gasteiger charge is -2.27. The molecule has 2 heterocycles. The van der Waals surface area contributed by atoms with Gasteiger partial charge in [-0.2, -0.15) is 11.8 Å². The van der Waals surface area contributed by atoms with Crippen LogP contribution in [0.2, 0.25) is 0 Å². The van der Waals surface area contributed by atoms with Crippen LogP contribution in [0.4, 0.5) is 4.39 Å². The molecule has 0 aliphatic carbocycles. The Hall–Kier alpha value is -1.31. The number of rotatable bonds is 3. The average molecular weight is 402 g/mol. The Labute approximate surface area is 164 Å². The minimum Gasteiger partial charge on any atom is -0.341 e. The fourth-order valence-electron chi connectivity index (χ4n) is 3.26. The lowest BCUT2D eigenvalue weighted by atomic mass is 10.2. The van der Waals surface area contributed by atoms with Gasteiger partial charge in [0, 0.05) is 62.3 Å². The van der Waals surface area contributed by atoms with E-state index in [1.165, 1.54) is 12.1 Å². The molecule has 0 spiro atoms. The molecular formula is C18H25ClFN3O2S. The van der Waals surface area contributed by atoms with Crippen LogP contribution >= 0.6 is 24.2 Å². The van der Waals surface area contributed by atoms with E-state index < -0.39 is 5.82 Å². The third-order valence-corrected chi connectivity index (χ3v) is 5.76. The van der Waals surface area contributed by atoms with Gasteiger partial charge >= 0.3 is 0 Å². The first-order valence-electron chi connectivity index (χ1n) is 8.77. The van der Waals surface area contributed by atoms with Crippen LogP contribution in [0.1, 0.15) is 23.2 Å². The van der Waals surface area contributed by atoms with Gasteiger partial charge in [-0.3, -0.25) is 9.59 Å². The molecule has 1 N–H and O–H groups in total. The molecule has 26 heavy (non-hydrogen) atoms. The number of carbonyl (C=O) groups excluding carboxylic acids is 2. The highest BCUT2D eigenvalue weighted by Crippen LogP contribution is 2.14. The minimum absolute atomic E-state index is 0. The maximum Gasteiger partial charge on any atom is 0.254 e. The molecule has 1 aromatic carbocycles. The number of amides is 2. The summed E-state index contributed by atoms with van der Waals surface area (Å²) >= 11 is 1.88.